The molecule has 1 aliphatic rings. The minimum atomic E-state index is -0.989. The van der Waals surface area contributed by atoms with Crippen LogP contribution in [0.1, 0.15) is 41.0 Å². The van der Waals surface area contributed by atoms with Crippen LogP contribution in [-0.4, -0.2) is 47.7 Å². The van der Waals surface area contributed by atoms with Crippen molar-refractivity contribution in [2.75, 3.05) is 19.7 Å². The molecule has 1 aromatic rings. The Morgan fingerprint density at radius 3 is 2.48 bits per heavy atom. The maximum atomic E-state index is 12.3. The van der Waals surface area contributed by atoms with Gasteiger partial charge >= 0.3 is 5.97 Å². The first-order chi connectivity index (χ1) is 9.97. The first-order valence-corrected chi connectivity index (χ1v) is 7.21. The number of hydrogen-bond acceptors (Lipinski definition) is 3. The number of amides is 1. The molecular weight excluding hydrogens is 270 g/mol. The Labute approximate surface area is 124 Å². The number of ether oxygens (including phenoxy) is 1. The molecule has 0 aliphatic carbocycles. The fourth-order valence-electron chi connectivity index (χ4n) is 2.32. The van der Waals surface area contributed by atoms with Gasteiger partial charge in [0.1, 0.15) is 0 Å². The van der Waals surface area contributed by atoms with Crippen LogP contribution in [-0.2, 0) is 4.74 Å². The predicted octanol–water partition coefficient (Wildman–Crippen LogP) is 2.27. The van der Waals surface area contributed by atoms with Crippen LogP contribution < -0.4 is 0 Å². The molecule has 0 bridgehead atoms. The molecule has 114 valence electrons. The van der Waals surface area contributed by atoms with Gasteiger partial charge in [-0.1, -0.05) is 13.8 Å². The fourth-order valence-corrected chi connectivity index (χ4v) is 2.32. The summed E-state index contributed by atoms with van der Waals surface area (Å²) in [5.74, 6) is -0.571. The lowest BCUT2D eigenvalue weighted by molar-refractivity contribution is 0.0396. The molecule has 21 heavy (non-hydrogen) atoms. The van der Waals surface area contributed by atoms with Crippen molar-refractivity contribution in [3.8, 4) is 0 Å². The highest BCUT2D eigenvalue weighted by Crippen LogP contribution is 2.17. The lowest BCUT2D eigenvalue weighted by Crippen LogP contribution is -2.30. The molecule has 0 aromatic heterocycles. The van der Waals surface area contributed by atoms with Crippen LogP contribution in [0.25, 0.3) is 0 Å². The van der Waals surface area contributed by atoms with E-state index in [0.29, 0.717) is 31.2 Å². The van der Waals surface area contributed by atoms with Gasteiger partial charge in [-0.3, -0.25) is 4.79 Å². The van der Waals surface area contributed by atoms with Crippen molar-refractivity contribution in [3.05, 3.63) is 35.4 Å². The number of nitrogens with zero attached hydrogens (tertiary/aromatic N) is 1. The van der Waals surface area contributed by atoms with Crippen LogP contribution in [0.2, 0.25) is 0 Å². The van der Waals surface area contributed by atoms with E-state index in [9.17, 15) is 9.59 Å². The summed E-state index contributed by atoms with van der Waals surface area (Å²) in [6.07, 6.45) is 0.959. The zero-order valence-corrected chi connectivity index (χ0v) is 12.4. The van der Waals surface area contributed by atoms with E-state index in [1.165, 1.54) is 12.1 Å². The maximum Gasteiger partial charge on any atom is 0.335 e. The van der Waals surface area contributed by atoms with Gasteiger partial charge in [0, 0.05) is 25.3 Å². The molecule has 1 heterocycles. The zero-order valence-electron chi connectivity index (χ0n) is 12.4. The van der Waals surface area contributed by atoms with Crippen molar-refractivity contribution < 1.29 is 19.4 Å². The van der Waals surface area contributed by atoms with Gasteiger partial charge in [-0.05, 0) is 36.6 Å². The number of carbonyl (C=O) groups excluding carboxylic acids is 1. The third-order valence-electron chi connectivity index (χ3n) is 3.48. The lowest BCUT2D eigenvalue weighted by atomic mass is 10.1. The minimum Gasteiger partial charge on any atom is -0.478 e. The molecule has 5 heteroatoms. The van der Waals surface area contributed by atoms with Gasteiger partial charge in [-0.15, -0.1) is 0 Å². The Balaban J connectivity index is 1.93. The molecule has 2 rings (SSSR count). The normalized spacial score (nSPS) is 18.2. The van der Waals surface area contributed by atoms with E-state index in [0.717, 1.165) is 6.42 Å². The van der Waals surface area contributed by atoms with Crippen LogP contribution >= 0.6 is 0 Å². The third-order valence-corrected chi connectivity index (χ3v) is 3.48. The quantitative estimate of drug-likeness (QED) is 0.903. The second-order valence-electron chi connectivity index (χ2n) is 5.77. The maximum absolute atomic E-state index is 12.3. The molecule has 0 saturated carbocycles. The summed E-state index contributed by atoms with van der Waals surface area (Å²) in [5, 5.41) is 8.85. The monoisotopic (exact) mass is 291 g/mol. The SMILES string of the molecule is CC(C)CO[C@@H]1CCN(C(=O)c2ccc(C(=O)O)cc2)C1. The Kier molecular flexibility index (Phi) is 4.96. The molecule has 0 spiro atoms. The largest absolute Gasteiger partial charge is 0.478 e. The highest BCUT2D eigenvalue weighted by molar-refractivity contribution is 5.96. The van der Waals surface area contributed by atoms with E-state index in [4.69, 9.17) is 9.84 Å². The van der Waals surface area contributed by atoms with Gasteiger partial charge in [0.15, 0.2) is 0 Å². The summed E-state index contributed by atoms with van der Waals surface area (Å²) in [6, 6.07) is 6.04. The van der Waals surface area contributed by atoms with Crippen molar-refractivity contribution >= 4 is 11.9 Å². The number of carboxylic acids is 1. The molecule has 1 amide bonds. The van der Waals surface area contributed by atoms with Gasteiger partial charge in [0.05, 0.1) is 11.7 Å². The predicted molar refractivity (Wildman–Crippen MR) is 78.5 cm³/mol. The van der Waals surface area contributed by atoms with Gasteiger partial charge in [0.25, 0.3) is 5.91 Å². The Morgan fingerprint density at radius 1 is 1.29 bits per heavy atom. The summed E-state index contributed by atoms with van der Waals surface area (Å²) in [5.41, 5.74) is 0.704. The number of hydrogen-bond donors (Lipinski definition) is 1. The average molecular weight is 291 g/mol. The Hall–Kier alpha value is -1.88. The highest BCUT2D eigenvalue weighted by atomic mass is 16.5. The molecule has 5 nitrogen and oxygen atoms in total. The second-order valence-corrected chi connectivity index (χ2v) is 5.77. The van der Waals surface area contributed by atoms with Crippen molar-refractivity contribution in [2.45, 2.75) is 26.4 Å². The van der Waals surface area contributed by atoms with Crippen molar-refractivity contribution in [1.82, 2.24) is 4.90 Å². The van der Waals surface area contributed by atoms with E-state index in [-0.39, 0.29) is 17.6 Å². The van der Waals surface area contributed by atoms with E-state index in [1.807, 2.05) is 0 Å². The van der Waals surface area contributed by atoms with Gasteiger partial charge in [0.2, 0.25) is 0 Å². The van der Waals surface area contributed by atoms with Crippen LogP contribution in [0.15, 0.2) is 24.3 Å². The molecule has 1 fully saturated rings. The minimum absolute atomic E-state index is 0.0671. The molecular formula is C16H21NO4. The summed E-state index contributed by atoms with van der Waals surface area (Å²) in [6.45, 7) is 6.19. The van der Waals surface area contributed by atoms with E-state index in [1.54, 1.807) is 17.0 Å². The van der Waals surface area contributed by atoms with E-state index >= 15 is 0 Å². The number of carboxylic acid groups (broad SMARTS) is 1. The lowest BCUT2D eigenvalue weighted by Gasteiger charge is -2.17. The Morgan fingerprint density at radius 2 is 1.90 bits per heavy atom. The van der Waals surface area contributed by atoms with Crippen LogP contribution in [0.3, 0.4) is 0 Å². The average Bonchev–Trinajstić information content (AvgIpc) is 2.93. The first kappa shape index (κ1) is 15.5. The molecule has 1 aliphatic heterocycles. The number of benzene rings is 1. The molecule has 1 aromatic carbocycles. The number of likely N-dealkylation sites (tertiary alicyclic amines) is 1. The smallest absolute Gasteiger partial charge is 0.335 e. The van der Waals surface area contributed by atoms with Crippen molar-refractivity contribution in [1.29, 1.82) is 0 Å². The van der Waals surface area contributed by atoms with Gasteiger partial charge in [-0.2, -0.15) is 0 Å². The molecule has 1 saturated heterocycles. The Bertz CT molecular complexity index is 510. The van der Waals surface area contributed by atoms with Gasteiger partial charge in [-0.25, -0.2) is 4.79 Å². The second kappa shape index (κ2) is 6.72. The summed E-state index contributed by atoms with van der Waals surface area (Å²) >= 11 is 0. The van der Waals surface area contributed by atoms with E-state index in [2.05, 4.69) is 13.8 Å². The summed E-state index contributed by atoms with van der Waals surface area (Å²) in [7, 11) is 0. The van der Waals surface area contributed by atoms with Crippen LogP contribution in [0.5, 0.6) is 0 Å². The summed E-state index contributed by atoms with van der Waals surface area (Å²) in [4.78, 5) is 24.9. The fraction of sp³-hybridized carbons (Fsp3) is 0.500. The third kappa shape index (κ3) is 4.04. The first-order valence-electron chi connectivity index (χ1n) is 7.21. The summed E-state index contributed by atoms with van der Waals surface area (Å²) < 4.78 is 5.76. The molecule has 1 N–H and O–H groups in total. The van der Waals surface area contributed by atoms with Crippen LogP contribution in [0, 0.1) is 5.92 Å². The topological polar surface area (TPSA) is 66.8 Å². The van der Waals surface area contributed by atoms with Gasteiger partial charge < -0.3 is 14.7 Å². The number of carbonyl (C=O) groups is 2. The van der Waals surface area contributed by atoms with Crippen molar-refractivity contribution in [2.24, 2.45) is 5.92 Å². The standard InChI is InChI=1S/C16H21NO4/c1-11(2)10-21-14-7-8-17(9-14)15(18)12-3-5-13(6-4-12)16(19)20/h3-6,11,14H,7-10H2,1-2H3,(H,19,20)/t14-/m1/s1. The number of rotatable bonds is 5. The molecule has 0 unspecified atom stereocenters. The highest BCUT2D eigenvalue weighted by Gasteiger charge is 2.27. The van der Waals surface area contributed by atoms with Crippen molar-refractivity contribution in [3.63, 3.8) is 0 Å². The zero-order chi connectivity index (χ0) is 15.4. The van der Waals surface area contributed by atoms with E-state index < -0.39 is 5.97 Å². The molecule has 0 radical (unpaired) electrons. The van der Waals surface area contributed by atoms with Crippen LogP contribution in [0.4, 0.5) is 0 Å². The molecule has 1 atom stereocenters. The number of aromatic carboxylic acids is 1.